The number of phenols is 2. The van der Waals surface area contributed by atoms with Gasteiger partial charge in [0.2, 0.25) is 5.75 Å². The van der Waals surface area contributed by atoms with Gasteiger partial charge in [0, 0.05) is 35.6 Å². The Morgan fingerprint density at radius 3 is 2.35 bits per heavy atom. The topological polar surface area (TPSA) is 139 Å². The number of carbonyl (C=O) groups is 1. The molecule has 0 fully saturated rings. The molecule has 0 unspecified atom stereocenters. The molecule has 0 saturated heterocycles. The molecule has 12 heteroatoms. The van der Waals surface area contributed by atoms with Gasteiger partial charge in [-0.3, -0.25) is 15.1 Å². The summed E-state index contributed by atoms with van der Waals surface area (Å²) in [5.74, 6) is -3.13. The lowest BCUT2D eigenvalue weighted by Gasteiger charge is -2.13. The zero-order chi connectivity index (χ0) is 23.1. The number of halogens is 3. The number of alkyl halides is 3. The van der Waals surface area contributed by atoms with Crippen LogP contribution in [0.15, 0.2) is 36.5 Å². The quantitative estimate of drug-likeness (QED) is 0.308. The predicted octanol–water partition coefficient (Wildman–Crippen LogP) is 4.27. The van der Waals surface area contributed by atoms with Gasteiger partial charge in [-0.2, -0.15) is 13.2 Å². The smallest absolute Gasteiger partial charge is 0.433 e. The van der Waals surface area contributed by atoms with Crippen LogP contribution in [-0.2, 0) is 12.7 Å². The molecule has 0 spiro atoms. The first-order chi connectivity index (χ1) is 14.5. The first-order valence-electron chi connectivity index (χ1n) is 8.66. The van der Waals surface area contributed by atoms with Gasteiger partial charge >= 0.3 is 17.8 Å². The van der Waals surface area contributed by atoms with Crippen LogP contribution in [0.5, 0.6) is 11.5 Å². The third-order valence-corrected chi connectivity index (χ3v) is 4.53. The second kappa shape index (κ2) is 7.63. The molecule has 162 valence electrons. The van der Waals surface area contributed by atoms with E-state index in [1.54, 1.807) is 6.92 Å². The number of nitro groups is 1. The average molecular weight is 437 g/mol. The molecule has 31 heavy (non-hydrogen) atoms. The molecule has 0 radical (unpaired) electrons. The summed E-state index contributed by atoms with van der Waals surface area (Å²) in [5, 5.41) is 40.3. The zero-order valence-corrected chi connectivity index (χ0v) is 15.7. The van der Waals surface area contributed by atoms with Gasteiger partial charge in [0.15, 0.2) is 5.75 Å². The molecule has 0 amide bonds. The van der Waals surface area contributed by atoms with Crippen molar-refractivity contribution in [3.8, 4) is 34.0 Å². The van der Waals surface area contributed by atoms with Crippen molar-refractivity contribution in [1.82, 2.24) is 9.55 Å². The summed E-state index contributed by atoms with van der Waals surface area (Å²) in [4.78, 5) is 25.4. The molecule has 9 nitrogen and oxygen atoms in total. The van der Waals surface area contributed by atoms with Gasteiger partial charge in [0.1, 0.15) is 5.69 Å². The molecule has 3 N–H and O–H groups in total. The number of nitrogens with zero attached hydrogens (tertiary/aromatic N) is 3. The lowest BCUT2D eigenvalue weighted by Crippen LogP contribution is -2.08. The van der Waals surface area contributed by atoms with Crippen LogP contribution < -0.4 is 0 Å². The second-order valence-corrected chi connectivity index (χ2v) is 6.39. The van der Waals surface area contributed by atoms with Gasteiger partial charge < -0.3 is 19.9 Å². The molecule has 0 atom stereocenters. The van der Waals surface area contributed by atoms with Gasteiger partial charge in [-0.15, -0.1) is 0 Å². The van der Waals surface area contributed by atoms with Crippen molar-refractivity contribution in [2.45, 2.75) is 19.6 Å². The van der Waals surface area contributed by atoms with Crippen LogP contribution >= 0.6 is 0 Å². The third-order valence-electron chi connectivity index (χ3n) is 4.53. The SMILES string of the molecule is CCn1c(-c2cc(O)c(O)c([N+](=O)[O-])c2)cc(C(=O)O)c1-c1ccc(C(F)(F)F)nc1. The number of aromatic hydroxyl groups is 2. The van der Waals surface area contributed by atoms with Crippen LogP contribution in [0.3, 0.4) is 0 Å². The van der Waals surface area contributed by atoms with E-state index >= 15 is 0 Å². The number of hydrogen-bond donors (Lipinski definition) is 3. The van der Waals surface area contributed by atoms with Crippen molar-refractivity contribution in [2.24, 2.45) is 0 Å². The lowest BCUT2D eigenvalue weighted by molar-refractivity contribution is -0.385. The number of benzene rings is 1. The van der Waals surface area contributed by atoms with Gasteiger partial charge in [-0.25, -0.2) is 4.79 Å². The van der Waals surface area contributed by atoms with Crippen molar-refractivity contribution in [3.05, 3.63) is 57.9 Å². The molecule has 0 aliphatic rings. The highest BCUT2D eigenvalue weighted by atomic mass is 19.4. The van der Waals surface area contributed by atoms with Crippen LogP contribution in [0, 0.1) is 10.1 Å². The fourth-order valence-electron chi connectivity index (χ4n) is 3.18. The van der Waals surface area contributed by atoms with Crippen molar-refractivity contribution in [3.63, 3.8) is 0 Å². The fourth-order valence-corrected chi connectivity index (χ4v) is 3.18. The molecule has 2 heterocycles. The summed E-state index contributed by atoms with van der Waals surface area (Å²) in [6.45, 7) is 1.76. The van der Waals surface area contributed by atoms with Crippen LogP contribution in [0.2, 0.25) is 0 Å². The summed E-state index contributed by atoms with van der Waals surface area (Å²) in [5.41, 5.74) is -1.97. The maximum atomic E-state index is 12.8. The van der Waals surface area contributed by atoms with E-state index in [1.165, 1.54) is 10.6 Å². The molecule has 0 aliphatic heterocycles. The first kappa shape index (κ1) is 21.6. The molecule has 0 aliphatic carbocycles. The van der Waals surface area contributed by atoms with E-state index in [0.29, 0.717) is 6.07 Å². The number of pyridine rings is 1. The summed E-state index contributed by atoms with van der Waals surface area (Å²) in [6, 6.07) is 4.94. The minimum absolute atomic E-state index is 0.0254. The minimum Gasteiger partial charge on any atom is -0.504 e. The zero-order valence-electron chi connectivity index (χ0n) is 15.7. The van der Waals surface area contributed by atoms with Gasteiger partial charge in [-0.1, -0.05) is 0 Å². The molecule has 3 rings (SSSR count). The Bertz CT molecular complexity index is 1190. The average Bonchev–Trinajstić information content (AvgIpc) is 3.09. The predicted molar refractivity (Wildman–Crippen MR) is 101 cm³/mol. The normalized spacial score (nSPS) is 11.5. The van der Waals surface area contributed by atoms with E-state index in [0.717, 1.165) is 24.4 Å². The van der Waals surface area contributed by atoms with E-state index in [1.807, 2.05) is 0 Å². The number of aromatic nitrogens is 2. The minimum atomic E-state index is -4.67. The highest BCUT2D eigenvalue weighted by Gasteiger charge is 2.32. The fraction of sp³-hybridized carbons (Fsp3) is 0.158. The van der Waals surface area contributed by atoms with E-state index in [2.05, 4.69) is 4.98 Å². The van der Waals surface area contributed by atoms with Crippen molar-refractivity contribution >= 4 is 11.7 Å². The summed E-state index contributed by atoms with van der Waals surface area (Å²) < 4.78 is 39.8. The maximum absolute atomic E-state index is 12.8. The Morgan fingerprint density at radius 2 is 1.87 bits per heavy atom. The van der Waals surface area contributed by atoms with Gasteiger partial charge in [0.25, 0.3) is 0 Å². The summed E-state index contributed by atoms with van der Waals surface area (Å²) >= 11 is 0. The summed E-state index contributed by atoms with van der Waals surface area (Å²) in [6.07, 6.45) is -3.79. The molecule has 0 saturated carbocycles. The lowest BCUT2D eigenvalue weighted by atomic mass is 10.1. The maximum Gasteiger partial charge on any atom is 0.433 e. The number of aromatic carboxylic acids is 1. The van der Waals surface area contributed by atoms with E-state index < -0.39 is 39.9 Å². The highest BCUT2D eigenvalue weighted by molar-refractivity contribution is 5.97. The first-order valence-corrected chi connectivity index (χ1v) is 8.66. The monoisotopic (exact) mass is 437 g/mol. The Labute approximate surface area is 171 Å². The van der Waals surface area contributed by atoms with E-state index in [9.17, 15) is 43.4 Å². The molecule has 3 aromatic rings. The third kappa shape index (κ3) is 3.86. The Hall–Kier alpha value is -4.09. The van der Waals surface area contributed by atoms with Crippen LogP contribution in [0.25, 0.3) is 22.5 Å². The highest BCUT2D eigenvalue weighted by Crippen LogP contribution is 2.41. The summed E-state index contributed by atoms with van der Waals surface area (Å²) in [7, 11) is 0. The number of carboxylic acid groups (broad SMARTS) is 1. The van der Waals surface area contributed by atoms with E-state index in [-0.39, 0.29) is 34.6 Å². The molecule has 2 aromatic heterocycles. The number of hydrogen-bond acceptors (Lipinski definition) is 6. The van der Waals surface area contributed by atoms with Crippen LogP contribution in [-0.4, -0.2) is 35.8 Å². The Kier molecular flexibility index (Phi) is 5.32. The molecule has 0 bridgehead atoms. The van der Waals surface area contributed by atoms with Crippen LogP contribution in [0.1, 0.15) is 23.0 Å². The van der Waals surface area contributed by atoms with Gasteiger partial charge in [0.05, 0.1) is 16.2 Å². The Morgan fingerprint density at radius 1 is 1.19 bits per heavy atom. The van der Waals surface area contributed by atoms with Gasteiger partial charge in [-0.05, 0) is 31.2 Å². The van der Waals surface area contributed by atoms with Crippen molar-refractivity contribution < 1.29 is 38.2 Å². The second-order valence-electron chi connectivity index (χ2n) is 6.39. The van der Waals surface area contributed by atoms with Crippen LogP contribution in [0.4, 0.5) is 18.9 Å². The Balaban J connectivity index is 2.27. The van der Waals surface area contributed by atoms with E-state index in [4.69, 9.17) is 0 Å². The number of nitro benzene ring substituents is 1. The largest absolute Gasteiger partial charge is 0.504 e. The standard InChI is InChI=1S/C19H14F3N3O6/c1-2-24-12(10-5-13(25(30)31)17(27)14(26)6-10)7-11(18(28)29)16(24)9-3-4-15(23-8-9)19(20,21)22/h3-8,26-27H,2H2,1H3,(H,28,29). The molecule has 1 aromatic carbocycles. The molecular formula is C19H14F3N3O6. The number of phenolic OH excluding ortho intramolecular Hbond substituents is 2. The molecular weight excluding hydrogens is 423 g/mol. The number of carboxylic acids is 1. The number of rotatable bonds is 5. The van der Waals surface area contributed by atoms with Crippen molar-refractivity contribution in [1.29, 1.82) is 0 Å². The van der Waals surface area contributed by atoms with Crippen molar-refractivity contribution in [2.75, 3.05) is 0 Å².